The van der Waals surface area contributed by atoms with E-state index in [2.05, 4.69) is 0 Å². The second-order valence-electron chi connectivity index (χ2n) is 5.59. The van der Waals surface area contributed by atoms with Crippen molar-refractivity contribution in [3.63, 3.8) is 0 Å². The molecule has 0 saturated heterocycles. The summed E-state index contributed by atoms with van der Waals surface area (Å²) in [4.78, 5) is 25.5. The van der Waals surface area contributed by atoms with Gasteiger partial charge >= 0.3 is 5.97 Å². The van der Waals surface area contributed by atoms with Crippen LogP contribution in [0.25, 0.3) is 0 Å². The van der Waals surface area contributed by atoms with Crippen molar-refractivity contribution >= 4 is 11.9 Å². The fourth-order valence-corrected chi connectivity index (χ4v) is 2.37. The van der Waals surface area contributed by atoms with Gasteiger partial charge in [-0.2, -0.15) is 0 Å². The third-order valence-corrected chi connectivity index (χ3v) is 3.53. The monoisotopic (exact) mass is 275 g/mol. The lowest BCUT2D eigenvalue weighted by Crippen LogP contribution is -2.33. The molecule has 1 amide bonds. The highest BCUT2D eigenvalue weighted by atomic mass is 16.4. The number of aromatic carboxylic acids is 1. The zero-order valence-electron chi connectivity index (χ0n) is 12.1. The molecule has 0 aliphatic heterocycles. The molecule has 0 spiro atoms. The van der Waals surface area contributed by atoms with Gasteiger partial charge in [-0.05, 0) is 55.9 Å². The Morgan fingerprint density at radius 3 is 2.45 bits per heavy atom. The molecule has 20 heavy (non-hydrogen) atoms. The number of benzene rings is 1. The van der Waals surface area contributed by atoms with E-state index in [4.69, 9.17) is 5.11 Å². The van der Waals surface area contributed by atoms with Gasteiger partial charge in [0.1, 0.15) is 0 Å². The van der Waals surface area contributed by atoms with Crippen LogP contribution in [0.15, 0.2) is 18.2 Å². The Morgan fingerprint density at radius 1 is 1.25 bits per heavy atom. The smallest absolute Gasteiger partial charge is 0.335 e. The van der Waals surface area contributed by atoms with Crippen LogP contribution in [0.4, 0.5) is 0 Å². The molecule has 1 aromatic rings. The molecule has 1 fully saturated rings. The van der Waals surface area contributed by atoms with E-state index in [1.807, 2.05) is 18.7 Å². The molecule has 1 aliphatic rings. The van der Waals surface area contributed by atoms with E-state index in [9.17, 15) is 9.59 Å². The van der Waals surface area contributed by atoms with E-state index in [0.717, 1.165) is 25.1 Å². The van der Waals surface area contributed by atoms with Gasteiger partial charge in [0.2, 0.25) is 0 Å². The first kappa shape index (κ1) is 14.6. The Balaban J connectivity index is 2.22. The Bertz CT molecular complexity index is 520. The molecule has 1 saturated carbocycles. The maximum atomic E-state index is 12.6. The second-order valence-corrected chi connectivity index (χ2v) is 5.59. The number of carbonyl (C=O) groups excluding carboxylic acids is 1. The molecule has 4 heteroatoms. The predicted molar refractivity (Wildman–Crippen MR) is 77.1 cm³/mol. The summed E-state index contributed by atoms with van der Waals surface area (Å²) in [5.74, 6) is -0.411. The number of carboxylic acid groups (broad SMARTS) is 1. The van der Waals surface area contributed by atoms with Crippen LogP contribution in [-0.4, -0.2) is 35.0 Å². The SMILES string of the molecule is CCCN(CC1CC1)C(=O)c1cc(C)cc(C(=O)O)c1. The van der Waals surface area contributed by atoms with Crippen molar-refractivity contribution in [2.75, 3.05) is 13.1 Å². The van der Waals surface area contributed by atoms with Crippen LogP contribution < -0.4 is 0 Å². The number of aryl methyl sites for hydroxylation is 1. The third-order valence-electron chi connectivity index (χ3n) is 3.53. The van der Waals surface area contributed by atoms with Crippen LogP contribution in [0, 0.1) is 12.8 Å². The first-order valence-corrected chi connectivity index (χ1v) is 7.15. The average molecular weight is 275 g/mol. The molecule has 0 bridgehead atoms. The number of rotatable bonds is 6. The fourth-order valence-electron chi connectivity index (χ4n) is 2.37. The summed E-state index contributed by atoms with van der Waals surface area (Å²) < 4.78 is 0. The zero-order valence-corrected chi connectivity index (χ0v) is 12.1. The normalized spacial score (nSPS) is 14.1. The number of carbonyl (C=O) groups is 2. The molecule has 0 unspecified atom stereocenters. The highest BCUT2D eigenvalue weighted by molar-refractivity contribution is 5.97. The lowest BCUT2D eigenvalue weighted by atomic mass is 10.1. The number of hydrogen-bond donors (Lipinski definition) is 1. The maximum absolute atomic E-state index is 12.6. The van der Waals surface area contributed by atoms with E-state index in [1.165, 1.54) is 18.9 Å². The highest BCUT2D eigenvalue weighted by Gasteiger charge is 2.27. The molecule has 4 nitrogen and oxygen atoms in total. The summed E-state index contributed by atoms with van der Waals surface area (Å²) in [5, 5.41) is 9.09. The van der Waals surface area contributed by atoms with Gasteiger partial charge in [0.05, 0.1) is 5.56 Å². The van der Waals surface area contributed by atoms with E-state index in [0.29, 0.717) is 11.5 Å². The minimum Gasteiger partial charge on any atom is -0.478 e. The van der Waals surface area contributed by atoms with Gasteiger partial charge in [0.15, 0.2) is 0 Å². The predicted octanol–water partition coefficient (Wildman–Crippen LogP) is 2.96. The summed E-state index contributed by atoms with van der Waals surface area (Å²) in [5.41, 5.74) is 1.46. The first-order chi connectivity index (χ1) is 9.51. The Labute approximate surface area is 119 Å². The average Bonchev–Trinajstić information content (AvgIpc) is 3.20. The van der Waals surface area contributed by atoms with E-state index >= 15 is 0 Å². The van der Waals surface area contributed by atoms with Crippen LogP contribution in [-0.2, 0) is 0 Å². The molecule has 1 aliphatic carbocycles. The minimum atomic E-state index is -0.994. The fraction of sp³-hybridized carbons (Fsp3) is 0.500. The highest BCUT2D eigenvalue weighted by Crippen LogP contribution is 2.30. The maximum Gasteiger partial charge on any atom is 0.335 e. The van der Waals surface area contributed by atoms with Crippen molar-refractivity contribution < 1.29 is 14.7 Å². The second kappa shape index (κ2) is 6.07. The van der Waals surface area contributed by atoms with Crippen LogP contribution in [0.2, 0.25) is 0 Å². The van der Waals surface area contributed by atoms with Crippen molar-refractivity contribution in [1.82, 2.24) is 4.90 Å². The van der Waals surface area contributed by atoms with Crippen molar-refractivity contribution in [2.45, 2.75) is 33.1 Å². The van der Waals surface area contributed by atoms with Gasteiger partial charge in [-0.15, -0.1) is 0 Å². The quantitative estimate of drug-likeness (QED) is 0.868. The molecule has 2 rings (SSSR count). The third kappa shape index (κ3) is 3.59. The first-order valence-electron chi connectivity index (χ1n) is 7.15. The Kier molecular flexibility index (Phi) is 4.42. The molecular weight excluding hydrogens is 254 g/mol. The Hall–Kier alpha value is -1.84. The number of nitrogens with zero attached hydrogens (tertiary/aromatic N) is 1. The van der Waals surface area contributed by atoms with Crippen LogP contribution in [0.3, 0.4) is 0 Å². The van der Waals surface area contributed by atoms with Crippen molar-refractivity contribution in [2.24, 2.45) is 5.92 Å². The van der Waals surface area contributed by atoms with E-state index in [1.54, 1.807) is 12.1 Å². The van der Waals surface area contributed by atoms with Crippen molar-refractivity contribution in [1.29, 1.82) is 0 Å². The largest absolute Gasteiger partial charge is 0.478 e. The van der Waals surface area contributed by atoms with Gasteiger partial charge in [0, 0.05) is 18.7 Å². The molecule has 1 N–H and O–H groups in total. The lowest BCUT2D eigenvalue weighted by Gasteiger charge is -2.22. The number of carboxylic acids is 1. The molecule has 0 radical (unpaired) electrons. The summed E-state index contributed by atoms with van der Waals surface area (Å²) in [6.45, 7) is 5.38. The van der Waals surface area contributed by atoms with Gasteiger partial charge in [0.25, 0.3) is 5.91 Å². The van der Waals surface area contributed by atoms with Crippen LogP contribution in [0.5, 0.6) is 0 Å². The topological polar surface area (TPSA) is 57.6 Å². The van der Waals surface area contributed by atoms with E-state index < -0.39 is 5.97 Å². The summed E-state index contributed by atoms with van der Waals surface area (Å²) in [7, 11) is 0. The summed E-state index contributed by atoms with van der Waals surface area (Å²) in [6.07, 6.45) is 3.30. The van der Waals surface area contributed by atoms with Crippen molar-refractivity contribution in [3.05, 3.63) is 34.9 Å². The van der Waals surface area contributed by atoms with Gasteiger partial charge < -0.3 is 10.0 Å². The Morgan fingerprint density at radius 2 is 1.90 bits per heavy atom. The van der Waals surface area contributed by atoms with Crippen LogP contribution >= 0.6 is 0 Å². The molecule has 0 heterocycles. The molecule has 0 atom stereocenters. The van der Waals surface area contributed by atoms with E-state index in [-0.39, 0.29) is 11.5 Å². The molecule has 0 aromatic heterocycles. The standard InChI is InChI=1S/C16H21NO3/c1-3-6-17(10-12-4-5-12)15(18)13-7-11(2)8-14(9-13)16(19)20/h7-9,12H,3-6,10H2,1-2H3,(H,19,20). The van der Waals surface area contributed by atoms with Gasteiger partial charge in [-0.1, -0.05) is 6.92 Å². The van der Waals surface area contributed by atoms with Gasteiger partial charge in [-0.3, -0.25) is 4.79 Å². The number of amides is 1. The van der Waals surface area contributed by atoms with Crippen molar-refractivity contribution in [3.8, 4) is 0 Å². The summed E-state index contributed by atoms with van der Waals surface area (Å²) in [6, 6.07) is 4.84. The molecule has 1 aromatic carbocycles. The van der Waals surface area contributed by atoms with Crippen LogP contribution in [0.1, 0.15) is 52.5 Å². The van der Waals surface area contributed by atoms with Gasteiger partial charge in [-0.25, -0.2) is 4.79 Å². The molecule has 108 valence electrons. The zero-order chi connectivity index (χ0) is 14.7. The lowest BCUT2D eigenvalue weighted by molar-refractivity contribution is 0.0696. The minimum absolute atomic E-state index is 0.0510. The number of hydrogen-bond acceptors (Lipinski definition) is 2. The molecular formula is C16H21NO3. The summed E-state index contributed by atoms with van der Waals surface area (Å²) >= 11 is 0.